The van der Waals surface area contributed by atoms with Crippen LogP contribution in [0, 0.1) is 0 Å². The Balaban J connectivity index is 0.00000162. The van der Waals surface area contributed by atoms with Crippen LogP contribution >= 0.6 is 36.4 Å². The van der Waals surface area contributed by atoms with E-state index >= 15 is 0 Å². The molecule has 1 fully saturated rings. The van der Waals surface area contributed by atoms with Gasteiger partial charge in [0.15, 0.2) is 0 Å². The van der Waals surface area contributed by atoms with Gasteiger partial charge >= 0.3 is 0 Å². The van der Waals surface area contributed by atoms with Gasteiger partial charge in [0.05, 0.1) is 11.6 Å². The van der Waals surface area contributed by atoms with Gasteiger partial charge in [-0.1, -0.05) is 11.6 Å². The van der Waals surface area contributed by atoms with Crippen molar-refractivity contribution in [3.63, 3.8) is 0 Å². The lowest BCUT2D eigenvalue weighted by molar-refractivity contribution is -0.120. The van der Waals surface area contributed by atoms with E-state index in [-0.39, 0.29) is 43.3 Å². The van der Waals surface area contributed by atoms with Gasteiger partial charge in [0.2, 0.25) is 5.91 Å². The van der Waals surface area contributed by atoms with Gasteiger partial charge in [-0.25, -0.2) is 4.98 Å². The van der Waals surface area contributed by atoms with Gasteiger partial charge in [-0.3, -0.25) is 4.79 Å². The molecule has 1 amide bonds. The zero-order valence-electron chi connectivity index (χ0n) is 10.2. The van der Waals surface area contributed by atoms with Gasteiger partial charge in [-0.2, -0.15) is 0 Å². The molecule has 108 valence electrons. The molecule has 0 aromatic carbocycles. The van der Waals surface area contributed by atoms with Crippen LogP contribution in [0.1, 0.15) is 6.42 Å². The number of amides is 1. The molecule has 2 rings (SSSR count). The number of halogens is 3. The van der Waals surface area contributed by atoms with Crippen LogP contribution in [0.4, 0.5) is 5.82 Å². The number of hydrogen-bond acceptors (Lipinski definition) is 4. The van der Waals surface area contributed by atoms with Gasteiger partial charge in [-0.15, -0.1) is 24.8 Å². The molecule has 1 aliphatic heterocycles. The van der Waals surface area contributed by atoms with E-state index in [1.807, 2.05) is 6.07 Å². The van der Waals surface area contributed by atoms with Crippen molar-refractivity contribution in [1.29, 1.82) is 0 Å². The lowest BCUT2D eigenvalue weighted by Gasteiger charge is -2.18. The summed E-state index contributed by atoms with van der Waals surface area (Å²) in [5, 5.41) is 3.51. The van der Waals surface area contributed by atoms with E-state index in [1.54, 1.807) is 12.3 Å². The zero-order chi connectivity index (χ0) is 12.3. The third kappa shape index (κ3) is 4.69. The minimum absolute atomic E-state index is 0. The van der Waals surface area contributed by atoms with Gasteiger partial charge in [0, 0.05) is 25.3 Å². The molecule has 5 nitrogen and oxygen atoms in total. The maximum atomic E-state index is 11.2. The standard InChI is InChI=1S/C11H15ClN4O.2ClH/c12-9-2-1-4-14-11(9)16-5-3-8(7-16)15-10(17)6-13;;/h1-2,4,8H,3,5-7,13H2,(H,15,17);2*1H. The molecular weight excluding hydrogens is 311 g/mol. The van der Waals surface area contributed by atoms with Crippen LogP contribution in [0.25, 0.3) is 0 Å². The smallest absolute Gasteiger partial charge is 0.234 e. The molecule has 3 N–H and O–H groups in total. The van der Waals surface area contributed by atoms with Crippen molar-refractivity contribution < 1.29 is 4.79 Å². The van der Waals surface area contributed by atoms with E-state index in [9.17, 15) is 4.79 Å². The van der Waals surface area contributed by atoms with Crippen molar-refractivity contribution in [1.82, 2.24) is 10.3 Å². The number of aromatic nitrogens is 1. The summed E-state index contributed by atoms with van der Waals surface area (Å²) in [4.78, 5) is 17.5. The Kier molecular flexibility index (Phi) is 8.09. The maximum absolute atomic E-state index is 11.2. The first-order chi connectivity index (χ1) is 8.20. The number of carbonyl (C=O) groups excluding carboxylic acids is 1. The monoisotopic (exact) mass is 326 g/mol. The molecule has 1 atom stereocenters. The highest BCUT2D eigenvalue weighted by molar-refractivity contribution is 6.32. The van der Waals surface area contributed by atoms with Gasteiger partial charge in [-0.05, 0) is 18.6 Å². The molecular formula is C11H17Cl3N4O. The van der Waals surface area contributed by atoms with Gasteiger partial charge < -0.3 is 16.0 Å². The lowest BCUT2D eigenvalue weighted by Crippen LogP contribution is -2.40. The fourth-order valence-corrected chi connectivity index (χ4v) is 2.21. The first-order valence-electron chi connectivity index (χ1n) is 5.55. The molecule has 1 unspecified atom stereocenters. The maximum Gasteiger partial charge on any atom is 0.234 e. The molecule has 1 aliphatic rings. The molecule has 0 radical (unpaired) electrons. The van der Waals surface area contributed by atoms with E-state index in [1.165, 1.54) is 0 Å². The van der Waals surface area contributed by atoms with Crippen LogP contribution in [0.3, 0.4) is 0 Å². The molecule has 2 heterocycles. The van der Waals surface area contributed by atoms with Crippen LogP contribution in [0.5, 0.6) is 0 Å². The first kappa shape index (κ1) is 18.2. The molecule has 1 aromatic heterocycles. The van der Waals surface area contributed by atoms with Crippen LogP contribution in [0.2, 0.25) is 5.02 Å². The number of nitrogens with zero attached hydrogens (tertiary/aromatic N) is 2. The van der Waals surface area contributed by atoms with Crippen molar-refractivity contribution in [2.75, 3.05) is 24.5 Å². The summed E-state index contributed by atoms with van der Waals surface area (Å²) in [7, 11) is 0. The second-order valence-corrected chi connectivity index (χ2v) is 4.42. The van der Waals surface area contributed by atoms with Gasteiger partial charge in [0.1, 0.15) is 5.82 Å². The average molecular weight is 328 g/mol. The molecule has 0 aliphatic carbocycles. The molecule has 0 saturated carbocycles. The molecule has 1 saturated heterocycles. The van der Waals surface area contributed by atoms with Crippen molar-refractivity contribution in [3.8, 4) is 0 Å². The summed E-state index contributed by atoms with van der Waals surface area (Å²) < 4.78 is 0. The minimum Gasteiger partial charge on any atom is -0.353 e. The summed E-state index contributed by atoms with van der Waals surface area (Å²) in [6, 6.07) is 3.75. The van der Waals surface area contributed by atoms with Crippen molar-refractivity contribution in [3.05, 3.63) is 23.4 Å². The number of rotatable bonds is 3. The summed E-state index contributed by atoms with van der Waals surface area (Å²) in [6.07, 6.45) is 2.60. The molecule has 19 heavy (non-hydrogen) atoms. The van der Waals surface area contributed by atoms with Crippen LogP contribution in [-0.2, 0) is 4.79 Å². The van der Waals surface area contributed by atoms with E-state index in [0.29, 0.717) is 5.02 Å². The Morgan fingerprint density at radius 1 is 1.58 bits per heavy atom. The van der Waals surface area contributed by atoms with Crippen LogP contribution < -0.4 is 16.0 Å². The van der Waals surface area contributed by atoms with E-state index in [0.717, 1.165) is 25.3 Å². The molecule has 0 bridgehead atoms. The summed E-state index contributed by atoms with van der Waals surface area (Å²) in [6.45, 7) is 1.59. The second-order valence-electron chi connectivity index (χ2n) is 4.01. The predicted octanol–water partition coefficient (Wildman–Crippen LogP) is 1.23. The third-order valence-electron chi connectivity index (χ3n) is 2.78. The Hall–Kier alpha value is -0.750. The van der Waals surface area contributed by atoms with Crippen molar-refractivity contribution >= 4 is 48.1 Å². The van der Waals surface area contributed by atoms with E-state index in [4.69, 9.17) is 17.3 Å². The van der Waals surface area contributed by atoms with Crippen molar-refractivity contribution in [2.45, 2.75) is 12.5 Å². The number of anilines is 1. The summed E-state index contributed by atoms with van der Waals surface area (Å²) >= 11 is 6.07. The lowest BCUT2D eigenvalue weighted by atomic mass is 10.2. The van der Waals surface area contributed by atoms with E-state index in [2.05, 4.69) is 15.2 Å². The Labute approximate surface area is 129 Å². The second kappa shape index (κ2) is 8.43. The zero-order valence-corrected chi connectivity index (χ0v) is 12.6. The normalized spacial score (nSPS) is 17.4. The highest BCUT2D eigenvalue weighted by Gasteiger charge is 2.25. The Morgan fingerprint density at radius 3 is 2.95 bits per heavy atom. The highest BCUT2D eigenvalue weighted by atomic mass is 35.5. The Morgan fingerprint density at radius 2 is 2.32 bits per heavy atom. The van der Waals surface area contributed by atoms with Crippen LogP contribution in [-0.4, -0.2) is 36.6 Å². The fraction of sp³-hybridized carbons (Fsp3) is 0.455. The van der Waals surface area contributed by atoms with Gasteiger partial charge in [0.25, 0.3) is 0 Å². The quantitative estimate of drug-likeness (QED) is 0.876. The molecule has 1 aromatic rings. The summed E-state index contributed by atoms with van der Waals surface area (Å²) in [5.41, 5.74) is 5.26. The first-order valence-corrected chi connectivity index (χ1v) is 5.93. The summed E-state index contributed by atoms with van der Waals surface area (Å²) in [5.74, 6) is 0.655. The third-order valence-corrected chi connectivity index (χ3v) is 3.07. The topological polar surface area (TPSA) is 71.2 Å². The number of nitrogens with one attached hydrogen (secondary N) is 1. The van der Waals surface area contributed by atoms with Crippen LogP contribution in [0.15, 0.2) is 18.3 Å². The largest absolute Gasteiger partial charge is 0.353 e. The minimum atomic E-state index is -0.121. The number of hydrogen-bond donors (Lipinski definition) is 2. The fourth-order valence-electron chi connectivity index (χ4n) is 1.97. The highest BCUT2D eigenvalue weighted by Crippen LogP contribution is 2.25. The number of pyridine rings is 1. The van der Waals surface area contributed by atoms with E-state index < -0.39 is 0 Å². The number of carbonyl (C=O) groups is 1. The average Bonchev–Trinajstić information content (AvgIpc) is 2.78. The predicted molar refractivity (Wildman–Crippen MR) is 81.6 cm³/mol. The van der Waals surface area contributed by atoms with Crippen molar-refractivity contribution in [2.24, 2.45) is 5.73 Å². The Bertz CT molecular complexity index is 419. The molecule has 8 heteroatoms. The SMILES string of the molecule is Cl.Cl.NCC(=O)NC1CCN(c2ncccc2Cl)C1. The number of nitrogens with two attached hydrogens (primary N) is 1. The molecule has 0 spiro atoms.